The second kappa shape index (κ2) is 8.51. The first kappa shape index (κ1) is 21.6. The van der Waals surface area contributed by atoms with Gasteiger partial charge in [0.25, 0.3) is 0 Å². The van der Waals surface area contributed by atoms with Crippen molar-refractivity contribution in [2.24, 2.45) is 0 Å². The van der Waals surface area contributed by atoms with Gasteiger partial charge in [0.15, 0.2) is 0 Å². The molecule has 0 radical (unpaired) electrons. The Bertz CT molecular complexity index is 1400. The number of benzene rings is 2. The van der Waals surface area contributed by atoms with Crippen LogP contribution in [0.15, 0.2) is 56.3 Å². The summed E-state index contributed by atoms with van der Waals surface area (Å²) in [5.41, 5.74) is 2.82. The average molecular weight is 454 g/mol. The number of hydrogen-bond donors (Lipinski definition) is 2. The summed E-state index contributed by atoms with van der Waals surface area (Å²) >= 11 is 5.99. The van der Waals surface area contributed by atoms with Gasteiger partial charge in [0.05, 0.1) is 18.2 Å². The smallest absolute Gasteiger partial charge is 0.340 e. The molecule has 1 atom stereocenters. The van der Waals surface area contributed by atoms with Crippen LogP contribution in [0.3, 0.4) is 0 Å². The van der Waals surface area contributed by atoms with E-state index in [1.165, 1.54) is 0 Å². The molecule has 0 fully saturated rings. The largest absolute Gasteiger partial charge is 0.480 e. The lowest BCUT2D eigenvalue weighted by molar-refractivity contribution is -0.141. The van der Waals surface area contributed by atoms with Gasteiger partial charge in [-0.2, -0.15) is 0 Å². The summed E-state index contributed by atoms with van der Waals surface area (Å²) < 4.78 is 11.1. The Morgan fingerprint density at radius 2 is 1.84 bits per heavy atom. The number of halogens is 1. The van der Waals surface area contributed by atoms with Gasteiger partial charge in [0.1, 0.15) is 17.2 Å². The van der Waals surface area contributed by atoms with Crippen LogP contribution in [-0.4, -0.2) is 23.0 Å². The van der Waals surface area contributed by atoms with E-state index in [4.69, 9.17) is 25.5 Å². The highest BCUT2D eigenvalue weighted by molar-refractivity contribution is 6.30. The van der Waals surface area contributed by atoms with E-state index in [2.05, 4.69) is 5.32 Å². The van der Waals surface area contributed by atoms with E-state index in [-0.39, 0.29) is 18.4 Å². The molecule has 0 unspecified atom stereocenters. The van der Waals surface area contributed by atoms with E-state index in [0.29, 0.717) is 27.1 Å². The SMILES string of the molecule is CC[C@H](NC(=O)Cc1c(C)c2cc3c(-c4ccc(Cl)cc4)coc3cc2oc1=O)C(=O)O. The molecule has 4 rings (SSSR count). The number of carbonyl (C=O) groups is 2. The van der Waals surface area contributed by atoms with E-state index in [1.807, 2.05) is 18.2 Å². The van der Waals surface area contributed by atoms with Crippen LogP contribution >= 0.6 is 11.6 Å². The number of nitrogens with one attached hydrogen (secondary N) is 1. The van der Waals surface area contributed by atoms with Crippen molar-refractivity contribution in [2.45, 2.75) is 32.7 Å². The Labute approximate surface area is 187 Å². The van der Waals surface area contributed by atoms with Gasteiger partial charge in [-0.1, -0.05) is 30.7 Å². The zero-order valence-electron chi connectivity index (χ0n) is 17.4. The number of aliphatic carboxylic acids is 1. The van der Waals surface area contributed by atoms with Crippen molar-refractivity contribution < 1.29 is 23.5 Å². The van der Waals surface area contributed by atoms with Crippen LogP contribution in [0.4, 0.5) is 0 Å². The van der Waals surface area contributed by atoms with Crippen LogP contribution in [-0.2, 0) is 16.0 Å². The maximum atomic E-state index is 12.6. The van der Waals surface area contributed by atoms with Gasteiger partial charge in [-0.25, -0.2) is 9.59 Å². The molecule has 2 aromatic carbocycles. The highest BCUT2D eigenvalue weighted by atomic mass is 35.5. The summed E-state index contributed by atoms with van der Waals surface area (Å²) in [6.07, 6.45) is 1.59. The molecule has 4 aromatic rings. The number of hydrogen-bond acceptors (Lipinski definition) is 5. The molecule has 7 nitrogen and oxygen atoms in total. The quantitative estimate of drug-likeness (QED) is 0.410. The first-order chi connectivity index (χ1) is 15.3. The maximum absolute atomic E-state index is 12.6. The molecule has 2 aromatic heterocycles. The number of aryl methyl sites for hydroxylation is 1. The number of carboxylic acid groups (broad SMARTS) is 1. The Morgan fingerprint density at radius 3 is 2.50 bits per heavy atom. The summed E-state index contributed by atoms with van der Waals surface area (Å²) in [7, 11) is 0. The minimum atomic E-state index is -1.12. The molecule has 32 heavy (non-hydrogen) atoms. The van der Waals surface area contributed by atoms with Crippen LogP contribution in [0.5, 0.6) is 0 Å². The van der Waals surface area contributed by atoms with Crippen LogP contribution in [0.1, 0.15) is 24.5 Å². The summed E-state index contributed by atoms with van der Waals surface area (Å²) in [5, 5.41) is 13.7. The molecule has 164 valence electrons. The topological polar surface area (TPSA) is 110 Å². The fourth-order valence-corrected chi connectivity index (χ4v) is 3.84. The van der Waals surface area contributed by atoms with Crippen molar-refractivity contribution in [2.75, 3.05) is 0 Å². The van der Waals surface area contributed by atoms with E-state index in [9.17, 15) is 14.4 Å². The van der Waals surface area contributed by atoms with Crippen molar-refractivity contribution in [3.8, 4) is 11.1 Å². The lowest BCUT2D eigenvalue weighted by Crippen LogP contribution is -2.41. The zero-order chi connectivity index (χ0) is 23.0. The minimum Gasteiger partial charge on any atom is -0.480 e. The first-order valence-corrected chi connectivity index (χ1v) is 10.4. The lowest BCUT2D eigenvalue weighted by atomic mass is 9.99. The van der Waals surface area contributed by atoms with E-state index < -0.39 is 23.5 Å². The average Bonchev–Trinajstić information content (AvgIpc) is 3.17. The van der Waals surface area contributed by atoms with Crippen LogP contribution in [0.2, 0.25) is 5.02 Å². The Morgan fingerprint density at radius 1 is 1.12 bits per heavy atom. The molecule has 0 saturated heterocycles. The van der Waals surface area contributed by atoms with Crippen LogP contribution in [0.25, 0.3) is 33.1 Å². The summed E-state index contributed by atoms with van der Waals surface area (Å²) in [5.74, 6) is -1.68. The zero-order valence-corrected chi connectivity index (χ0v) is 18.2. The van der Waals surface area contributed by atoms with Crippen LogP contribution < -0.4 is 10.9 Å². The van der Waals surface area contributed by atoms with Gasteiger partial charge < -0.3 is 19.3 Å². The number of rotatable bonds is 6. The summed E-state index contributed by atoms with van der Waals surface area (Å²) in [6.45, 7) is 3.40. The molecule has 0 aliphatic rings. The molecule has 0 saturated carbocycles. The third-order valence-corrected chi connectivity index (χ3v) is 5.77. The molecule has 0 spiro atoms. The molecular formula is C24H20ClNO6. The van der Waals surface area contributed by atoms with Gasteiger partial charge in [-0.3, -0.25) is 4.79 Å². The molecule has 8 heteroatoms. The fourth-order valence-electron chi connectivity index (χ4n) is 3.71. The first-order valence-electron chi connectivity index (χ1n) is 10.0. The number of furan rings is 1. The fraction of sp³-hybridized carbons (Fsp3) is 0.208. The Balaban J connectivity index is 1.77. The predicted octanol–water partition coefficient (Wildman–Crippen LogP) is 4.69. The van der Waals surface area contributed by atoms with Crippen molar-refractivity contribution in [3.05, 3.63) is 69.2 Å². The molecule has 1 amide bonds. The number of amides is 1. The second-order valence-electron chi connectivity index (χ2n) is 7.54. The highest BCUT2D eigenvalue weighted by Gasteiger charge is 2.21. The van der Waals surface area contributed by atoms with Crippen LogP contribution in [0, 0.1) is 6.92 Å². The molecule has 0 aliphatic heterocycles. The number of fused-ring (bicyclic) bond motifs is 2. The normalized spacial score (nSPS) is 12.2. The molecule has 0 aliphatic carbocycles. The predicted molar refractivity (Wildman–Crippen MR) is 121 cm³/mol. The minimum absolute atomic E-state index is 0.186. The second-order valence-corrected chi connectivity index (χ2v) is 7.97. The molecule has 2 heterocycles. The van der Waals surface area contributed by atoms with E-state index in [0.717, 1.165) is 16.5 Å². The van der Waals surface area contributed by atoms with Crippen molar-refractivity contribution in [3.63, 3.8) is 0 Å². The Kier molecular flexibility index (Phi) is 5.76. The van der Waals surface area contributed by atoms with Gasteiger partial charge in [-0.05, 0) is 42.7 Å². The van der Waals surface area contributed by atoms with Gasteiger partial charge >= 0.3 is 11.6 Å². The molecule has 0 bridgehead atoms. The summed E-state index contributed by atoms with van der Waals surface area (Å²) in [4.78, 5) is 36.1. The van der Waals surface area contributed by atoms with Crippen molar-refractivity contribution in [1.29, 1.82) is 0 Å². The lowest BCUT2D eigenvalue weighted by Gasteiger charge is -2.13. The standard InChI is InChI=1S/C24H20ClNO6/c1-3-19(23(28)29)26-22(27)9-16-12(2)15-8-17-18(13-4-6-14(25)7-5-13)11-31-20(17)10-21(15)32-24(16)30/h4-8,10-11,19H,3,9H2,1-2H3,(H,26,27)(H,28,29)/t19-/m0/s1. The van der Waals surface area contributed by atoms with Crippen molar-refractivity contribution >= 4 is 45.4 Å². The van der Waals surface area contributed by atoms with E-state index >= 15 is 0 Å². The van der Waals surface area contributed by atoms with Gasteiger partial charge in [-0.15, -0.1) is 0 Å². The third-order valence-electron chi connectivity index (χ3n) is 5.52. The van der Waals surface area contributed by atoms with Gasteiger partial charge in [0.2, 0.25) is 5.91 Å². The highest BCUT2D eigenvalue weighted by Crippen LogP contribution is 2.35. The van der Waals surface area contributed by atoms with E-state index in [1.54, 1.807) is 38.3 Å². The van der Waals surface area contributed by atoms with Gasteiger partial charge in [0, 0.05) is 27.4 Å². The monoisotopic (exact) mass is 453 g/mol. The van der Waals surface area contributed by atoms with Crippen molar-refractivity contribution in [1.82, 2.24) is 5.32 Å². The summed E-state index contributed by atoms with van der Waals surface area (Å²) in [6, 6.07) is 9.86. The number of carboxylic acids is 1. The molecular weight excluding hydrogens is 434 g/mol. The third kappa shape index (κ3) is 3.99. The number of carbonyl (C=O) groups excluding carboxylic acids is 1. The maximum Gasteiger partial charge on any atom is 0.340 e. The molecule has 2 N–H and O–H groups in total. The Hall–Kier alpha value is -3.58.